The van der Waals surface area contributed by atoms with Crippen molar-refractivity contribution in [1.82, 2.24) is 25.3 Å². The fraction of sp³-hybridized carbons (Fsp3) is 0.353. The van der Waals surface area contributed by atoms with E-state index in [0.717, 1.165) is 11.1 Å². The van der Waals surface area contributed by atoms with Crippen molar-refractivity contribution in [3.05, 3.63) is 47.8 Å². The lowest BCUT2D eigenvalue weighted by atomic mass is 10.1. The van der Waals surface area contributed by atoms with Crippen molar-refractivity contribution < 1.29 is 9.59 Å². The zero-order valence-electron chi connectivity index (χ0n) is 14.9. The normalized spacial score (nSPS) is 11.7. The van der Waals surface area contributed by atoms with E-state index in [0.29, 0.717) is 12.2 Å². The van der Waals surface area contributed by atoms with Crippen LogP contribution in [0.1, 0.15) is 17.2 Å². The summed E-state index contributed by atoms with van der Waals surface area (Å²) in [5.74, 6) is -0.141. The Morgan fingerprint density at radius 2 is 2.08 bits per heavy atom. The first kappa shape index (κ1) is 18.5. The quantitative estimate of drug-likeness (QED) is 0.732. The van der Waals surface area contributed by atoms with E-state index in [1.807, 2.05) is 25.2 Å². The molecule has 0 radical (unpaired) electrons. The highest BCUT2D eigenvalue weighted by Crippen LogP contribution is 2.13. The van der Waals surface area contributed by atoms with Crippen LogP contribution in [-0.4, -0.2) is 47.8 Å². The van der Waals surface area contributed by atoms with Gasteiger partial charge in [0.1, 0.15) is 6.04 Å². The van der Waals surface area contributed by atoms with E-state index in [1.165, 1.54) is 4.90 Å². The minimum absolute atomic E-state index is 0.141. The van der Waals surface area contributed by atoms with Gasteiger partial charge in [-0.2, -0.15) is 5.10 Å². The summed E-state index contributed by atoms with van der Waals surface area (Å²) in [6.07, 6.45) is 3.47. The SMILES string of the molecule is CNC(C(=O)NCc1cccc(NC(=O)N(C)C)c1)c1cnn(C)c1. The number of nitrogens with zero attached hydrogens (tertiary/aromatic N) is 3. The maximum Gasteiger partial charge on any atom is 0.321 e. The van der Waals surface area contributed by atoms with Gasteiger partial charge in [-0.15, -0.1) is 0 Å². The summed E-state index contributed by atoms with van der Waals surface area (Å²) in [5, 5.41) is 12.8. The Kier molecular flexibility index (Phi) is 6.13. The number of amides is 3. The van der Waals surface area contributed by atoms with Gasteiger partial charge in [0.15, 0.2) is 0 Å². The summed E-state index contributed by atoms with van der Waals surface area (Å²) >= 11 is 0. The second kappa shape index (κ2) is 8.29. The van der Waals surface area contributed by atoms with Crippen LogP contribution in [-0.2, 0) is 18.4 Å². The summed E-state index contributed by atoms with van der Waals surface area (Å²) in [6.45, 7) is 0.364. The first-order valence-corrected chi connectivity index (χ1v) is 7.91. The van der Waals surface area contributed by atoms with Gasteiger partial charge >= 0.3 is 6.03 Å². The van der Waals surface area contributed by atoms with Crippen LogP contribution in [0.3, 0.4) is 0 Å². The lowest BCUT2D eigenvalue weighted by Gasteiger charge is -2.15. The Hall–Kier alpha value is -2.87. The van der Waals surface area contributed by atoms with E-state index in [-0.39, 0.29) is 11.9 Å². The van der Waals surface area contributed by atoms with E-state index < -0.39 is 6.04 Å². The van der Waals surface area contributed by atoms with Crippen molar-refractivity contribution in [2.24, 2.45) is 7.05 Å². The second-order valence-electron chi connectivity index (χ2n) is 5.91. The molecular weight excluding hydrogens is 320 g/mol. The largest absolute Gasteiger partial charge is 0.350 e. The summed E-state index contributed by atoms with van der Waals surface area (Å²) in [5.41, 5.74) is 2.38. The summed E-state index contributed by atoms with van der Waals surface area (Å²) in [4.78, 5) is 25.6. The Morgan fingerprint density at radius 3 is 2.68 bits per heavy atom. The van der Waals surface area contributed by atoms with E-state index in [2.05, 4.69) is 21.0 Å². The van der Waals surface area contributed by atoms with Crippen LogP contribution < -0.4 is 16.0 Å². The van der Waals surface area contributed by atoms with Crippen LogP contribution in [0, 0.1) is 0 Å². The Bertz CT molecular complexity index is 740. The van der Waals surface area contributed by atoms with Gasteiger partial charge in [-0.1, -0.05) is 12.1 Å². The van der Waals surface area contributed by atoms with Gasteiger partial charge in [-0.25, -0.2) is 4.79 Å². The van der Waals surface area contributed by atoms with Crippen LogP contribution in [0.15, 0.2) is 36.7 Å². The molecule has 3 amide bonds. The maximum atomic E-state index is 12.4. The number of aryl methyl sites for hydroxylation is 1. The van der Waals surface area contributed by atoms with Gasteiger partial charge in [0.25, 0.3) is 0 Å². The van der Waals surface area contributed by atoms with Crippen LogP contribution in [0.4, 0.5) is 10.5 Å². The van der Waals surface area contributed by atoms with E-state index in [4.69, 9.17) is 0 Å². The summed E-state index contributed by atoms with van der Waals surface area (Å²) in [6, 6.07) is 6.70. The van der Waals surface area contributed by atoms with Crippen molar-refractivity contribution >= 4 is 17.6 Å². The van der Waals surface area contributed by atoms with E-state index in [9.17, 15) is 9.59 Å². The van der Waals surface area contributed by atoms with Crippen molar-refractivity contribution in [2.45, 2.75) is 12.6 Å². The smallest absolute Gasteiger partial charge is 0.321 e. The minimum atomic E-state index is -0.467. The molecule has 8 nitrogen and oxygen atoms in total. The summed E-state index contributed by atoms with van der Waals surface area (Å²) < 4.78 is 1.66. The molecule has 1 unspecified atom stereocenters. The van der Waals surface area contributed by atoms with E-state index >= 15 is 0 Å². The van der Waals surface area contributed by atoms with Crippen LogP contribution in [0.25, 0.3) is 0 Å². The molecule has 8 heteroatoms. The molecule has 25 heavy (non-hydrogen) atoms. The number of anilines is 1. The van der Waals surface area contributed by atoms with Crippen LogP contribution in [0.5, 0.6) is 0 Å². The molecule has 134 valence electrons. The first-order valence-electron chi connectivity index (χ1n) is 7.91. The average Bonchev–Trinajstić information content (AvgIpc) is 3.00. The monoisotopic (exact) mass is 344 g/mol. The van der Waals surface area contributed by atoms with Gasteiger partial charge in [-0.05, 0) is 24.7 Å². The lowest BCUT2D eigenvalue weighted by Crippen LogP contribution is -2.35. The summed E-state index contributed by atoms with van der Waals surface area (Å²) in [7, 11) is 6.89. The fourth-order valence-corrected chi connectivity index (χ4v) is 2.32. The number of likely N-dealkylation sites (N-methyl/N-ethyl adjacent to an activating group) is 1. The molecule has 3 N–H and O–H groups in total. The molecule has 0 bridgehead atoms. The Morgan fingerprint density at radius 1 is 1.32 bits per heavy atom. The fourth-order valence-electron chi connectivity index (χ4n) is 2.32. The van der Waals surface area contributed by atoms with Gasteiger partial charge in [0.2, 0.25) is 5.91 Å². The van der Waals surface area contributed by atoms with Gasteiger partial charge in [0, 0.05) is 45.1 Å². The molecule has 1 heterocycles. The van der Waals surface area contributed by atoms with Crippen molar-refractivity contribution in [1.29, 1.82) is 0 Å². The molecule has 0 spiro atoms. The number of aromatic nitrogens is 2. The molecule has 0 saturated heterocycles. The maximum absolute atomic E-state index is 12.4. The van der Waals surface area contributed by atoms with Crippen LogP contribution >= 0.6 is 0 Å². The molecule has 1 aromatic carbocycles. The molecule has 1 aromatic heterocycles. The zero-order chi connectivity index (χ0) is 18.4. The highest BCUT2D eigenvalue weighted by Gasteiger charge is 2.19. The molecule has 2 rings (SSSR count). The number of benzene rings is 1. The van der Waals surface area contributed by atoms with Crippen molar-refractivity contribution in [3.8, 4) is 0 Å². The number of hydrogen-bond donors (Lipinski definition) is 3. The highest BCUT2D eigenvalue weighted by atomic mass is 16.2. The number of carbonyl (C=O) groups excluding carboxylic acids is 2. The predicted octanol–water partition coefficient (Wildman–Crippen LogP) is 1.09. The zero-order valence-corrected chi connectivity index (χ0v) is 14.9. The second-order valence-corrected chi connectivity index (χ2v) is 5.91. The van der Waals surface area contributed by atoms with Gasteiger partial charge < -0.3 is 20.9 Å². The Labute approximate surface area is 147 Å². The topological polar surface area (TPSA) is 91.3 Å². The third-order valence-electron chi connectivity index (χ3n) is 3.66. The highest BCUT2D eigenvalue weighted by molar-refractivity contribution is 5.89. The van der Waals surface area contributed by atoms with Crippen molar-refractivity contribution in [3.63, 3.8) is 0 Å². The average molecular weight is 344 g/mol. The molecule has 0 aliphatic heterocycles. The number of hydrogen-bond acceptors (Lipinski definition) is 4. The standard InChI is InChI=1S/C17H24N6O2/c1-18-15(13-10-20-23(4)11-13)16(24)19-9-12-6-5-7-14(8-12)21-17(25)22(2)3/h5-8,10-11,15,18H,9H2,1-4H3,(H,19,24)(H,21,25). The number of nitrogens with one attached hydrogen (secondary N) is 3. The number of rotatable bonds is 6. The molecule has 1 atom stereocenters. The van der Waals surface area contributed by atoms with Crippen molar-refractivity contribution in [2.75, 3.05) is 26.5 Å². The molecule has 2 aromatic rings. The van der Waals surface area contributed by atoms with E-state index in [1.54, 1.807) is 44.3 Å². The third kappa shape index (κ3) is 5.05. The molecule has 0 aliphatic carbocycles. The van der Waals surface area contributed by atoms with Gasteiger partial charge in [0.05, 0.1) is 6.20 Å². The molecule has 0 aliphatic rings. The van der Waals surface area contributed by atoms with Gasteiger partial charge in [-0.3, -0.25) is 9.48 Å². The molecule has 0 fully saturated rings. The minimum Gasteiger partial charge on any atom is -0.350 e. The number of carbonyl (C=O) groups is 2. The Balaban J connectivity index is 1.98. The van der Waals surface area contributed by atoms with Crippen LogP contribution in [0.2, 0.25) is 0 Å². The third-order valence-corrected chi connectivity index (χ3v) is 3.66. The first-order chi connectivity index (χ1) is 11.9. The lowest BCUT2D eigenvalue weighted by molar-refractivity contribution is -0.123. The molecule has 0 saturated carbocycles. The molecular formula is C17H24N6O2. The number of urea groups is 1. The predicted molar refractivity (Wildman–Crippen MR) is 96.0 cm³/mol.